The zero-order chi connectivity index (χ0) is 17.5. The molecule has 0 spiro atoms. The first-order chi connectivity index (χ1) is 12.8. The topological polar surface area (TPSA) is 43.2 Å². The Kier molecular flexibility index (Phi) is 3.75. The van der Waals surface area contributed by atoms with E-state index in [0.29, 0.717) is 0 Å². The van der Waals surface area contributed by atoms with E-state index in [4.69, 9.17) is 14.7 Å². The molecule has 0 bridgehead atoms. The van der Waals surface area contributed by atoms with Crippen LogP contribution in [-0.4, -0.2) is 46.2 Å². The van der Waals surface area contributed by atoms with Gasteiger partial charge in [0.05, 0.1) is 23.7 Å². The molecular weight excluding hydrogens is 324 g/mol. The summed E-state index contributed by atoms with van der Waals surface area (Å²) in [6.07, 6.45) is 2.62. The van der Waals surface area contributed by atoms with Gasteiger partial charge in [-0.05, 0) is 50.2 Å². The van der Waals surface area contributed by atoms with Gasteiger partial charge in [-0.3, -0.25) is 0 Å². The number of fused-ring (bicyclic) bond motifs is 4. The summed E-state index contributed by atoms with van der Waals surface area (Å²) in [7, 11) is 1.71. The van der Waals surface area contributed by atoms with Crippen LogP contribution in [0.3, 0.4) is 0 Å². The second-order valence-corrected chi connectivity index (χ2v) is 6.97. The SMILES string of the molecule is COc1ccc2c3nc4ccccc4nc3n(CCN3CCCC3)c2c1. The fourth-order valence-electron chi connectivity index (χ4n) is 4.01. The summed E-state index contributed by atoms with van der Waals surface area (Å²) in [5.41, 5.74) is 4.97. The maximum atomic E-state index is 5.46. The van der Waals surface area contributed by atoms with Crippen LogP contribution in [0.1, 0.15) is 12.8 Å². The Morgan fingerprint density at radius 2 is 1.73 bits per heavy atom. The van der Waals surface area contributed by atoms with Gasteiger partial charge in [0.15, 0.2) is 5.65 Å². The number of aromatic nitrogens is 3. The van der Waals surface area contributed by atoms with Crippen LogP contribution in [0, 0.1) is 0 Å². The highest BCUT2D eigenvalue weighted by molar-refractivity contribution is 6.06. The Labute approximate surface area is 152 Å². The first kappa shape index (κ1) is 15.6. The van der Waals surface area contributed by atoms with Crippen LogP contribution >= 0.6 is 0 Å². The van der Waals surface area contributed by atoms with E-state index in [2.05, 4.69) is 21.6 Å². The van der Waals surface area contributed by atoms with Crippen molar-refractivity contribution in [2.45, 2.75) is 19.4 Å². The molecule has 0 amide bonds. The summed E-state index contributed by atoms with van der Waals surface area (Å²) in [4.78, 5) is 12.4. The molecule has 1 aliphatic rings. The number of nitrogens with zero attached hydrogens (tertiary/aromatic N) is 4. The van der Waals surface area contributed by atoms with Crippen LogP contribution in [0.25, 0.3) is 33.1 Å². The molecule has 0 N–H and O–H groups in total. The van der Waals surface area contributed by atoms with Gasteiger partial charge in [-0.2, -0.15) is 0 Å². The van der Waals surface area contributed by atoms with E-state index in [0.717, 1.165) is 51.9 Å². The highest BCUT2D eigenvalue weighted by Crippen LogP contribution is 2.31. The van der Waals surface area contributed by atoms with Gasteiger partial charge in [0.2, 0.25) is 0 Å². The van der Waals surface area contributed by atoms with Crippen molar-refractivity contribution in [3.05, 3.63) is 42.5 Å². The second kappa shape index (κ2) is 6.25. The second-order valence-electron chi connectivity index (χ2n) is 6.97. The third-order valence-corrected chi connectivity index (χ3v) is 5.40. The highest BCUT2D eigenvalue weighted by atomic mass is 16.5. The Morgan fingerprint density at radius 1 is 0.962 bits per heavy atom. The summed E-state index contributed by atoms with van der Waals surface area (Å²) in [5.74, 6) is 0.868. The van der Waals surface area contributed by atoms with Crippen molar-refractivity contribution in [2.24, 2.45) is 0 Å². The molecule has 5 nitrogen and oxygen atoms in total. The lowest BCUT2D eigenvalue weighted by Crippen LogP contribution is -2.24. The molecule has 3 heterocycles. The average Bonchev–Trinajstić information content (AvgIpc) is 3.30. The summed E-state index contributed by atoms with van der Waals surface area (Å²) >= 11 is 0. The van der Waals surface area contributed by atoms with Crippen molar-refractivity contribution < 1.29 is 4.74 Å². The zero-order valence-electron chi connectivity index (χ0n) is 15.0. The monoisotopic (exact) mass is 346 g/mol. The minimum atomic E-state index is 0.868. The minimum Gasteiger partial charge on any atom is -0.497 e. The van der Waals surface area contributed by atoms with E-state index >= 15 is 0 Å². The fraction of sp³-hybridized carbons (Fsp3) is 0.333. The Hall–Kier alpha value is -2.66. The lowest BCUT2D eigenvalue weighted by atomic mass is 10.2. The summed E-state index contributed by atoms with van der Waals surface area (Å²) < 4.78 is 7.77. The molecular formula is C21H22N4O. The van der Waals surface area contributed by atoms with E-state index in [1.54, 1.807) is 7.11 Å². The molecule has 4 aromatic rings. The standard InChI is InChI=1S/C21H22N4O/c1-26-15-8-9-16-19(14-15)25(13-12-24-10-4-5-11-24)21-20(16)22-17-6-2-3-7-18(17)23-21/h2-3,6-9,14H,4-5,10-13H2,1H3. The highest BCUT2D eigenvalue weighted by Gasteiger charge is 2.17. The van der Waals surface area contributed by atoms with Crippen LogP contribution in [0.5, 0.6) is 5.75 Å². The molecule has 26 heavy (non-hydrogen) atoms. The molecule has 0 atom stereocenters. The number of methoxy groups -OCH3 is 1. The Morgan fingerprint density at radius 3 is 2.50 bits per heavy atom. The predicted octanol–water partition coefficient (Wildman–Crippen LogP) is 3.84. The average molecular weight is 346 g/mol. The molecule has 2 aromatic carbocycles. The van der Waals surface area contributed by atoms with Crippen molar-refractivity contribution >= 4 is 33.1 Å². The molecule has 5 heteroatoms. The van der Waals surface area contributed by atoms with E-state index < -0.39 is 0 Å². The van der Waals surface area contributed by atoms with Crippen molar-refractivity contribution in [1.82, 2.24) is 19.4 Å². The molecule has 5 rings (SSSR count). The normalized spacial score (nSPS) is 15.4. The van der Waals surface area contributed by atoms with E-state index in [9.17, 15) is 0 Å². The third kappa shape index (κ3) is 2.51. The van der Waals surface area contributed by atoms with Gasteiger partial charge in [-0.25, -0.2) is 9.97 Å². The van der Waals surface area contributed by atoms with E-state index in [1.807, 2.05) is 30.3 Å². The number of para-hydroxylation sites is 2. The number of likely N-dealkylation sites (tertiary alicyclic amines) is 1. The quantitative estimate of drug-likeness (QED) is 0.563. The van der Waals surface area contributed by atoms with Gasteiger partial charge >= 0.3 is 0 Å². The van der Waals surface area contributed by atoms with Crippen molar-refractivity contribution in [3.63, 3.8) is 0 Å². The molecule has 132 valence electrons. The van der Waals surface area contributed by atoms with Crippen LogP contribution in [-0.2, 0) is 6.54 Å². The number of hydrogen-bond donors (Lipinski definition) is 0. The van der Waals surface area contributed by atoms with Gasteiger partial charge < -0.3 is 14.2 Å². The largest absolute Gasteiger partial charge is 0.497 e. The molecule has 2 aromatic heterocycles. The first-order valence-corrected chi connectivity index (χ1v) is 9.28. The minimum absolute atomic E-state index is 0.868. The number of hydrogen-bond acceptors (Lipinski definition) is 4. The van der Waals surface area contributed by atoms with Crippen LogP contribution in [0.4, 0.5) is 0 Å². The molecule has 1 saturated heterocycles. The summed E-state index contributed by atoms with van der Waals surface area (Å²) in [6, 6.07) is 14.3. The van der Waals surface area contributed by atoms with Crippen LogP contribution in [0.15, 0.2) is 42.5 Å². The summed E-state index contributed by atoms with van der Waals surface area (Å²) in [6.45, 7) is 4.37. The number of benzene rings is 2. The Bertz CT molecular complexity index is 1100. The predicted molar refractivity (Wildman–Crippen MR) is 105 cm³/mol. The van der Waals surface area contributed by atoms with Gasteiger partial charge in [-0.1, -0.05) is 12.1 Å². The molecule has 1 aliphatic heterocycles. The third-order valence-electron chi connectivity index (χ3n) is 5.40. The van der Waals surface area contributed by atoms with Crippen LogP contribution < -0.4 is 4.74 Å². The van der Waals surface area contributed by atoms with Gasteiger partial charge in [-0.15, -0.1) is 0 Å². The van der Waals surface area contributed by atoms with Crippen molar-refractivity contribution in [1.29, 1.82) is 0 Å². The molecule has 0 saturated carbocycles. The van der Waals surface area contributed by atoms with E-state index in [-0.39, 0.29) is 0 Å². The van der Waals surface area contributed by atoms with Gasteiger partial charge in [0.25, 0.3) is 0 Å². The van der Waals surface area contributed by atoms with Crippen molar-refractivity contribution in [2.75, 3.05) is 26.7 Å². The molecule has 0 unspecified atom stereocenters. The lowest BCUT2D eigenvalue weighted by molar-refractivity contribution is 0.326. The zero-order valence-corrected chi connectivity index (χ0v) is 15.0. The molecule has 0 aliphatic carbocycles. The van der Waals surface area contributed by atoms with Crippen LogP contribution in [0.2, 0.25) is 0 Å². The molecule has 0 radical (unpaired) electrons. The van der Waals surface area contributed by atoms with Gasteiger partial charge in [0, 0.05) is 24.5 Å². The van der Waals surface area contributed by atoms with E-state index in [1.165, 1.54) is 25.9 Å². The smallest absolute Gasteiger partial charge is 0.160 e. The summed E-state index contributed by atoms with van der Waals surface area (Å²) in [5, 5.41) is 1.14. The van der Waals surface area contributed by atoms with Crippen molar-refractivity contribution in [3.8, 4) is 5.75 Å². The van der Waals surface area contributed by atoms with Gasteiger partial charge in [0.1, 0.15) is 11.3 Å². The maximum Gasteiger partial charge on any atom is 0.160 e. The fourth-order valence-corrected chi connectivity index (χ4v) is 4.01. The number of ether oxygens (including phenoxy) is 1. The molecule has 1 fully saturated rings. The Balaban J connectivity index is 1.72. The number of rotatable bonds is 4. The first-order valence-electron chi connectivity index (χ1n) is 9.28. The maximum absolute atomic E-state index is 5.46. The lowest BCUT2D eigenvalue weighted by Gasteiger charge is -2.16.